The molecule has 1 heterocycles. The number of H-pyrrole nitrogens is 1. The van der Waals surface area contributed by atoms with Crippen molar-refractivity contribution in [3.05, 3.63) is 72.4 Å². The summed E-state index contributed by atoms with van der Waals surface area (Å²) in [5.74, 6) is 12.0. The van der Waals surface area contributed by atoms with E-state index >= 15 is 0 Å². The first kappa shape index (κ1) is 19.0. The van der Waals surface area contributed by atoms with Crippen molar-refractivity contribution in [1.82, 2.24) is 4.98 Å². The summed E-state index contributed by atoms with van der Waals surface area (Å²) in [6.07, 6.45) is 5.88. The van der Waals surface area contributed by atoms with Crippen LogP contribution in [0.5, 0.6) is 0 Å². The number of aromatic nitrogens is 1. The summed E-state index contributed by atoms with van der Waals surface area (Å²) in [5.41, 5.74) is 1.44. The molecular weight excluding hydrogens is 382 g/mol. The van der Waals surface area contributed by atoms with Crippen molar-refractivity contribution in [3.8, 4) is 23.7 Å². The van der Waals surface area contributed by atoms with Gasteiger partial charge in [0.15, 0.2) is 0 Å². The second-order valence-corrected chi connectivity index (χ2v) is 7.75. The van der Waals surface area contributed by atoms with Crippen LogP contribution in [0.15, 0.2) is 66.7 Å². The predicted octanol–water partition coefficient (Wildman–Crippen LogP) is 5.99. The number of benzene rings is 3. The fraction of sp³-hybridized carbons (Fsp3) is 0.179. The Bertz CT molecular complexity index is 1380. The average Bonchev–Trinajstić information content (AvgIpc) is 3.28. The Labute approximate surface area is 181 Å². The van der Waals surface area contributed by atoms with E-state index in [0.717, 1.165) is 34.5 Å². The predicted molar refractivity (Wildman–Crippen MR) is 126 cm³/mol. The smallest absolute Gasteiger partial charge is 0.354 e. The molecule has 0 radical (unpaired) electrons. The zero-order valence-electron chi connectivity index (χ0n) is 17.1. The van der Waals surface area contributed by atoms with Gasteiger partial charge in [-0.15, -0.1) is 0 Å². The van der Waals surface area contributed by atoms with Crippen molar-refractivity contribution in [2.75, 3.05) is 6.61 Å². The lowest BCUT2D eigenvalue weighted by atomic mass is 9.98. The minimum Gasteiger partial charge on any atom is -0.461 e. The van der Waals surface area contributed by atoms with Crippen LogP contribution in [-0.4, -0.2) is 17.6 Å². The third-order valence-corrected chi connectivity index (χ3v) is 5.71. The fourth-order valence-corrected chi connectivity index (χ4v) is 4.15. The molecule has 0 bridgehead atoms. The van der Waals surface area contributed by atoms with Crippen LogP contribution < -0.4 is 0 Å². The summed E-state index contributed by atoms with van der Waals surface area (Å²) in [5, 5.41) is 5.61. The van der Waals surface area contributed by atoms with Gasteiger partial charge in [0.25, 0.3) is 0 Å². The van der Waals surface area contributed by atoms with Crippen LogP contribution in [0.2, 0.25) is 0 Å². The highest BCUT2D eigenvalue weighted by atomic mass is 16.5. The van der Waals surface area contributed by atoms with Gasteiger partial charge in [-0.3, -0.25) is 0 Å². The number of carbonyl (C=O) groups excluding carboxylic acids is 1. The number of hydrogen-bond acceptors (Lipinski definition) is 2. The number of nitrogens with one attached hydrogen (secondary N) is 1. The molecule has 150 valence electrons. The summed E-state index contributed by atoms with van der Waals surface area (Å²) in [6, 6.07) is 18.5. The zero-order valence-corrected chi connectivity index (χ0v) is 17.1. The Hall–Kier alpha value is -3.95. The highest BCUT2D eigenvalue weighted by Crippen LogP contribution is 2.35. The van der Waals surface area contributed by atoms with Crippen LogP contribution in [0.1, 0.15) is 29.8 Å². The Balaban J connectivity index is 1.45. The van der Waals surface area contributed by atoms with Crippen LogP contribution in [0, 0.1) is 29.6 Å². The van der Waals surface area contributed by atoms with E-state index in [4.69, 9.17) is 4.74 Å². The first-order valence-electron chi connectivity index (χ1n) is 10.5. The number of hydrogen-bond donors (Lipinski definition) is 1. The van der Waals surface area contributed by atoms with Gasteiger partial charge in [0, 0.05) is 29.5 Å². The van der Waals surface area contributed by atoms with E-state index in [1.54, 1.807) is 12.2 Å². The molecule has 3 nitrogen and oxygen atoms in total. The van der Waals surface area contributed by atoms with E-state index < -0.39 is 0 Å². The lowest BCUT2D eigenvalue weighted by Gasteiger charge is -2.13. The molecule has 0 amide bonds. The molecule has 1 aliphatic carbocycles. The number of ether oxygens (including phenoxy) is 1. The van der Waals surface area contributed by atoms with Gasteiger partial charge in [0.1, 0.15) is 5.69 Å². The normalized spacial score (nSPS) is 16.8. The summed E-state index contributed by atoms with van der Waals surface area (Å²) in [7, 11) is 0. The summed E-state index contributed by atoms with van der Waals surface area (Å²) in [6.45, 7) is 0.343. The van der Waals surface area contributed by atoms with E-state index in [1.165, 1.54) is 10.8 Å². The van der Waals surface area contributed by atoms with Crippen molar-refractivity contribution in [3.63, 3.8) is 0 Å². The zero-order chi connectivity index (χ0) is 21.0. The number of fused-ring (bicyclic) bond motifs is 6. The minimum absolute atomic E-state index is 0.184. The molecule has 0 fully saturated rings. The van der Waals surface area contributed by atoms with Crippen LogP contribution >= 0.6 is 0 Å². The molecule has 0 spiro atoms. The highest BCUT2D eigenvalue weighted by Gasteiger charge is 2.17. The van der Waals surface area contributed by atoms with Gasteiger partial charge in [0.2, 0.25) is 0 Å². The number of aromatic amines is 1. The van der Waals surface area contributed by atoms with Crippen molar-refractivity contribution < 1.29 is 9.53 Å². The molecule has 4 aromatic rings. The van der Waals surface area contributed by atoms with Crippen molar-refractivity contribution >= 4 is 38.4 Å². The van der Waals surface area contributed by atoms with E-state index in [2.05, 4.69) is 52.9 Å². The third kappa shape index (κ3) is 3.79. The Morgan fingerprint density at radius 1 is 0.903 bits per heavy atom. The van der Waals surface area contributed by atoms with Crippen molar-refractivity contribution in [1.29, 1.82) is 0 Å². The second kappa shape index (κ2) is 8.42. The molecule has 0 saturated heterocycles. The SMILES string of the molecule is O=C(OCC1CC#C/C=C\C#CCC1)c1cc2c3ccccc3c3ccccc3c2[nH]1. The van der Waals surface area contributed by atoms with Gasteiger partial charge >= 0.3 is 5.97 Å². The first-order chi connectivity index (χ1) is 15.3. The molecule has 31 heavy (non-hydrogen) atoms. The fourth-order valence-electron chi connectivity index (χ4n) is 4.15. The standard InChI is InChI=1S/C28H21NO2/c30-28(31-19-20-12-6-4-2-1-3-5-7-13-20)26-18-25-23-16-9-8-14-21(23)22-15-10-11-17-24(22)27(25)29-26/h1-2,8-11,14-18,20,29H,7,12-13,19H2/b2-1-. The first-order valence-corrected chi connectivity index (χ1v) is 10.5. The molecule has 1 aliphatic rings. The molecule has 3 heteroatoms. The van der Waals surface area contributed by atoms with Gasteiger partial charge < -0.3 is 9.72 Å². The number of allylic oxidation sites excluding steroid dienone is 2. The van der Waals surface area contributed by atoms with E-state index in [-0.39, 0.29) is 11.9 Å². The monoisotopic (exact) mass is 403 g/mol. The van der Waals surface area contributed by atoms with Gasteiger partial charge in [-0.1, -0.05) is 72.2 Å². The van der Waals surface area contributed by atoms with Crippen LogP contribution in [0.4, 0.5) is 0 Å². The summed E-state index contributed by atoms with van der Waals surface area (Å²) < 4.78 is 5.69. The summed E-state index contributed by atoms with van der Waals surface area (Å²) in [4.78, 5) is 16.2. The van der Waals surface area contributed by atoms with Crippen LogP contribution in [0.3, 0.4) is 0 Å². The van der Waals surface area contributed by atoms with Crippen LogP contribution in [-0.2, 0) is 4.74 Å². The number of carbonyl (C=O) groups is 1. The van der Waals surface area contributed by atoms with E-state index in [0.29, 0.717) is 18.7 Å². The maximum absolute atomic E-state index is 12.9. The van der Waals surface area contributed by atoms with Gasteiger partial charge in [-0.2, -0.15) is 0 Å². The third-order valence-electron chi connectivity index (χ3n) is 5.71. The lowest BCUT2D eigenvalue weighted by molar-refractivity contribution is 0.0431. The molecule has 1 atom stereocenters. The number of esters is 1. The molecule has 0 saturated carbocycles. The molecule has 1 aromatic heterocycles. The maximum Gasteiger partial charge on any atom is 0.354 e. The minimum atomic E-state index is -0.333. The van der Waals surface area contributed by atoms with E-state index in [9.17, 15) is 4.79 Å². The molecule has 0 aliphatic heterocycles. The van der Waals surface area contributed by atoms with Crippen LogP contribution in [0.25, 0.3) is 32.4 Å². The Morgan fingerprint density at radius 2 is 1.55 bits per heavy atom. The largest absolute Gasteiger partial charge is 0.461 e. The van der Waals surface area contributed by atoms with Gasteiger partial charge in [-0.25, -0.2) is 4.79 Å². The topological polar surface area (TPSA) is 42.1 Å². The second-order valence-electron chi connectivity index (χ2n) is 7.75. The highest BCUT2D eigenvalue weighted by molar-refractivity contribution is 6.25. The summed E-state index contributed by atoms with van der Waals surface area (Å²) >= 11 is 0. The van der Waals surface area contributed by atoms with Crippen molar-refractivity contribution in [2.24, 2.45) is 5.92 Å². The van der Waals surface area contributed by atoms with E-state index in [1.807, 2.05) is 30.3 Å². The molecule has 1 unspecified atom stereocenters. The van der Waals surface area contributed by atoms with Gasteiger partial charge in [0.05, 0.1) is 12.1 Å². The van der Waals surface area contributed by atoms with Gasteiger partial charge in [-0.05, 0) is 40.8 Å². The molecule has 1 N–H and O–H groups in total. The quantitative estimate of drug-likeness (QED) is 0.259. The van der Waals surface area contributed by atoms with Crippen molar-refractivity contribution in [2.45, 2.75) is 19.3 Å². The lowest BCUT2D eigenvalue weighted by Crippen LogP contribution is -2.14. The maximum atomic E-state index is 12.9. The molecule has 5 rings (SSSR count). The Kier molecular flexibility index (Phi) is 5.17. The molecular formula is C28H21NO2. The molecule has 3 aromatic carbocycles. The average molecular weight is 403 g/mol. The number of rotatable bonds is 3. The Morgan fingerprint density at radius 3 is 2.32 bits per heavy atom.